The number of anilines is 1. The molecule has 4 N–H and O–H groups in total. The van der Waals surface area contributed by atoms with Gasteiger partial charge in [0, 0.05) is 25.3 Å². The predicted octanol–water partition coefficient (Wildman–Crippen LogP) is 3.72. The van der Waals surface area contributed by atoms with E-state index in [2.05, 4.69) is 31.9 Å². The summed E-state index contributed by atoms with van der Waals surface area (Å²) in [7, 11) is 0. The summed E-state index contributed by atoms with van der Waals surface area (Å²) >= 11 is 3.43. The van der Waals surface area contributed by atoms with E-state index < -0.39 is 5.97 Å². The van der Waals surface area contributed by atoms with E-state index in [1.165, 1.54) is 0 Å². The molecule has 0 unspecified atom stereocenters. The highest BCUT2D eigenvalue weighted by Gasteiger charge is 2.24. The second kappa shape index (κ2) is 11.2. The van der Waals surface area contributed by atoms with Gasteiger partial charge in [0.1, 0.15) is 5.65 Å². The second-order valence-electron chi connectivity index (χ2n) is 8.45. The first-order valence-electron chi connectivity index (χ1n) is 11.4. The third-order valence-corrected chi connectivity index (χ3v) is 6.58. The van der Waals surface area contributed by atoms with E-state index in [0.29, 0.717) is 39.1 Å². The van der Waals surface area contributed by atoms with Crippen molar-refractivity contribution in [1.29, 1.82) is 5.26 Å². The van der Waals surface area contributed by atoms with Crippen LogP contribution in [0.2, 0.25) is 0 Å². The number of aromatic nitrogens is 3. The average molecular weight is 549 g/mol. The standard InChI is InChI=1S/C19H19BrN6O.C7H6O2/c20-15-9-23-17-16(15)18(27)26(10-13-5-2-1-4-12(13)8-21)19(24-17)25-7-3-6-14(22)11-25;8-7(9)6-4-2-1-3-5-6/h1-2,4-5,9,14,23H,3,6-7,10-11,22H2;1-5H,(H,8,9)/t14-;/m1./s1. The van der Waals surface area contributed by atoms with Gasteiger partial charge in [-0.25, -0.2) is 4.79 Å². The zero-order chi connectivity index (χ0) is 25.7. The van der Waals surface area contributed by atoms with Gasteiger partial charge in [0.15, 0.2) is 0 Å². The first-order valence-corrected chi connectivity index (χ1v) is 12.2. The number of H-pyrrole nitrogens is 1. The zero-order valence-corrected chi connectivity index (χ0v) is 21.0. The van der Waals surface area contributed by atoms with E-state index in [9.17, 15) is 14.9 Å². The minimum atomic E-state index is -0.879. The molecule has 9 nitrogen and oxygen atoms in total. The Hall–Kier alpha value is -3.94. The minimum Gasteiger partial charge on any atom is -0.478 e. The van der Waals surface area contributed by atoms with E-state index in [1.807, 2.05) is 18.2 Å². The summed E-state index contributed by atoms with van der Waals surface area (Å²) in [6.45, 7) is 1.73. The van der Waals surface area contributed by atoms with Crippen LogP contribution >= 0.6 is 15.9 Å². The number of hydrogen-bond donors (Lipinski definition) is 3. The molecule has 184 valence electrons. The molecule has 0 aliphatic carbocycles. The first kappa shape index (κ1) is 25.2. The number of aromatic carboxylic acids is 1. The Morgan fingerprint density at radius 1 is 1.22 bits per heavy atom. The SMILES string of the molecule is N#Cc1ccccc1Cn1c(N2CCC[C@@H](N)C2)nc2[nH]cc(Br)c2c1=O.O=C(O)c1ccccc1. The molecule has 3 heterocycles. The van der Waals surface area contributed by atoms with Gasteiger partial charge in [0.2, 0.25) is 5.95 Å². The van der Waals surface area contributed by atoms with Crippen molar-refractivity contribution in [3.63, 3.8) is 0 Å². The van der Waals surface area contributed by atoms with Gasteiger partial charge in [0.25, 0.3) is 5.56 Å². The fraction of sp³-hybridized carbons (Fsp3) is 0.231. The number of nitrogens with one attached hydrogen (secondary N) is 1. The number of nitrogens with zero attached hydrogens (tertiary/aromatic N) is 4. The maximum absolute atomic E-state index is 13.3. The van der Waals surface area contributed by atoms with Crippen molar-refractivity contribution in [3.05, 3.63) is 92.3 Å². The van der Waals surface area contributed by atoms with Crippen molar-refractivity contribution in [2.24, 2.45) is 5.73 Å². The van der Waals surface area contributed by atoms with Crippen molar-refractivity contribution in [2.75, 3.05) is 18.0 Å². The van der Waals surface area contributed by atoms with E-state index >= 15 is 0 Å². The number of aromatic amines is 1. The molecular formula is C26H25BrN6O3. The number of carboxylic acids is 1. The molecule has 1 aliphatic rings. The van der Waals surface area contributed by atoms with Crippen LogP contribution in [0.3, 0.4) is 0 Å². The highest BCUT2D eigenvalue weighted by Crippen LogP contribution is 2.24. The lowest BCUT2D eigenvalue weighted by molar-refractivity contribution is 0.0697. The number of hydrogen-bond acceptors (Lipinski definition) is 6. The molecule has 1 aliphatic heterocycles. The van der Waals surface area contributed by atoms with Crippen LogP contribution in [0.4, 0.5) is 5.95 Å². The van der Waals surface area contributed by atoms with Gasteiger partial charge < -0.3 is 20.7 Å². The number of nitrogens with two attached hydrogens (primary N) is 1. The van der Waals surface area contributed by atoms with Gasteiger partial charge in [-0.1, -0.05) is 36.4 Å². The molecular weight excluding hydrogens is 524 g/mol. The van der Waals surface area contributed by atoms with Crippen LogP contribution in [-0.4, -0.2) is 44.7 Å². The minimum absolute atomic E-state index is 0.0570. The number of carbonyl (C=O) groups is 1. The Bertz CT molecular complexity index is 1470. The van der Waals surface area contributed by atoms with Crippen LogP contribution in [0.25, 0.3) is 11.0 Å². The Labute approximate surface area is 215 Å². The quantitative estimate of drug-likeness (QED) is 0.352. The van der Waals surface area contributed by atoms with Gasteiger partial charge in [-0.05, 0) is 52.5 Å². The molecule has 0 radical (unpaired) electrons. The Morgan fingerprint density at radius 2 is 1.94 bits per heavy atom. The zero-order valence-electron chi connectivity index (χ0n) is 19.4. The van der Waals surface area contributed by atoms with Crippen molar-refractivity contribution < 1.29 is 9.90 Å². The number of halogens is 1. The monoisotopic (exact) mass is 548 g/mol. The molecule has 36 heavy (non-hydrogen) atoms. The van der Waals surface area contributed by atoms with E-state index in [-0.39, 0.29) is 18.1 Å². The summed E-state index contributed by atoms with van der Waals surface area (Å²) in [5.74, 6) is -0.291. The summed E-state index contributed by atoms with van der Waals surface area (Å²) < 4.78 is 2.33. The number of nitriles is 1. The topological polar surface area (TPSA) is 141 Å². The third kappa shape index (κ3) is 5.48. The van der Waals surface area contributed by atoms with E-state index in [1.54, 1.807) is 47.2 Å². The predicted molar refractivity (Wildman–Crippen MR) is 141 cm³/mol. The normalized spacial score (nSPS) is 15.1. The summed E-state index contributed by atoms with van der Waals surface area (Å²) in [6.07, 6.45) is 3.64. The molecule has 0 spiro atoms. The van der Waals surface area contributed by atoms with Gasteiger partial charge in [0.05, 0.1) is 33.6 Å². The maximum atomic E-state index is 13.3. The van der Waals surface area contributed by atoms with Crippen LogP contribution in [0, 0.1) is 11.3 Å². The maximum Gasteiger partial charge on any atom is 0.335 e. The van der Waals surface area contributed by atoms with Crippen molar-refractivity contribution in [2.45, 2.75) is 25.4 Å². The van der Waals surface area contributed by atoms with Gasteiger partial charge in [-0.2, -0.15) is 10.2 Å². The van der Waals surface area contributed by atoms with Crippen molar-refractivity contribution >= 4 is 38.9 Å². The smallest absolute Gasteiger partial charge is 0.335 e. The summed E-state index contributed by atoms with van der Waals surface area (Å²) in [4.78, 5) is 33.3. The molecule has 1 atom stereocenters. The molecule has 0 saturated carbocycles. The molecule has 1 fully saturated rings. The molecule has 5 rings (SSSR count). The number of rotatable bonds is 4. The molecule has 10 heteroatoms. The molecule has 2 aromatic heterocycles. The molecule has 4 aromatic rings. The van der Waals surface area contributed by atoms with Crippen molar-refractivity contribution in [1.82, 2.24) is 14.5 Å². The fourth-order valence-electron chi connectivity index (χ4n) is 4.16. The highest BCUT2D eigenvalue weighted by molar-refractivity contribution is 9.10. The fourth-order valence-corrected chi connectivity index (χ4v) is 4.63. The molecule has 0 bridgehead atoms. The van der Waals surface area contributed by atoms with E-state index in [4.69, 9.17) is 15.8 Å². The molecule has 2 aromatic carbocycles. The summed E-state index contributed by atoms with van der Waals surface area (Å²) in [5.41, 5.74) is 8.23. The van der Waals surface area contributed by atoms with E-state index in [0.717, 1.165) is 24.9 Å². The first-order chi connectivity index (χ1) is 17.4. The molecule has 1 saturated heterocycles. The average Bonchev–Trinajstić information content (AvgIpc) is 3.27. The number of piperidine rings is 1. The number of carboxylic acid groups (broad SMARTS) is 1. The second-order valence-corrected chi connectivity index (χ2v) is 9.31. The summed E-state index contributed by atoms with van der Waals surface area (Å²) in [6, 6.07) is 17.9. The Balaban J connectivity index is 0.000000286. The number of fused-ring (bicyclic) bond motifs is 1. The lowest BCUT2D eigenvalue weighted by Gasteiger charge is -2.33. The summed E-state index contributed by atoms with van der Waals surface area (Å²) in [5, 5.41) is 18.3. The van der Waals surface area contributed by atoms with Gasteiger partial charge >= 0.3 is 5.97 Å². The number of benzene rings is 2. The Morgan fingerprint density at radius 3 is 2.61 bits per heavy atom. The van der Waals surface area contributed by atoms with Crippen molar-refractivity contribution in [3.8, 4) is 6.07 Å². The van der Waals surface area contributed by atoms with Crippen LogP contribution in [0.5, 0.6) is 0 Å². The lowest BCUT2D eigenvalue weighted by atomic mass is 10.1. The Kier molecular flexibility index (Phi) is 7.83. The largest absolute Gasteiger partial charge is 0.478 e. The third-order valence-electron chi connectivity index (χ3n) is 5.95. The van der Waals surface area contributed by atoms with Gasteiger partial charge in [-0.15, -0.1) is 0 Å². The highest BCUT2D eigenvalue weighted by atomic mass is 79.9. The van der Waals surface area contributed by atoms with Crippen LogP contribution < -0.4 is 16.2 Å². The van der Waals surface area contributed by atoms with Crippen LogP contribution in [-0.2, 0) is 6.54 Å². The van der Waals surface area contributed by atoms with Crippen LogP contribution in [0.15, 0.2) is 70.1 Å². The van der Waals surface area contributed by atoms with Crippen LogP contribution in [0.1, 0.15) is 34.3 Å². The molecule has 0 amide bonds. The lowest BCUT2D eigenvalue weighted by Crippen LogP contribution is -2.45. The van der Waals surface area contributed by atoms with Gasteiger partial charge in [-0.3, -0.25) is 9.36 Å².